The molecule has 0 N–H and O–H groups in total. The number of ether oxygens (including phenoxy) is 1. The van der Waals surface area contributed by atoms with Crippen molar-refractivity contribution in [2.24, 2.45) is 0 Å². The molecule has 0 bridgehead atoms. The predicted molar refractivity (Wildman–Crippen MR) is 66.8 cm³/mol. The molecule has 0 saturated heterocycles. The largest absolute Gasteiger partial charge is 0.470 e. The van der Waals surface area contributed by atoms with Gasteiger partial charge in [-0.1, -0.05) is 19.9 Å². The second-order valence-electron chi connectivity index (χ2n) is 2.83. The van der Waals surface area contributed by atoms with Crippen LogP contribution in [-0.2, 0) is 6.61 Å². The van der Waals surface area contributed by atoms with E-state index in [2.05, 4.69) is 9.97 Å². The third-order valence-electron chi connectivity index (χ3n) is 1.69. The minimum Gasteiger partial charge on any atom is -0.470 e. The Balaban J connectivity index is 0.000000606. The van der Waals surface area contributed by atoms with Crippen LogP contribution in [0.15, 0.2) is 29.8 Å². The fourth-order valence-corrected chi connectivity index (χ4v) is 1.59. The minimum atomic E-state index is 0.494. The summed E-state index contributed by atoms with van der Waals surface area (Å²) in [7, 11) is 0. The molecule has 0 spiro atoms. The van der Waals surface area contributed by atoms with Crippen molar-refractivity contribution in [3.05, 3.63) is 40.5 Å². The molecule has 2 aromatic rings. The summed E-state index contributed by atoms with van der Waals surface area (Å²) in [6.07, 6.45) is 1.77. The first-order valence-corrected chi connectivity index (χ1v) is 6.17. The molecule has 86 valence electrons. The molecule has 0 aromatic carbocycles. The zero-order chi connectivity index (χ0) is 11.8. The van der Waals surface area contributed by atoms with Gasteiger partial charge in [-0.2, -0.15) is 0 Å². The number of thiazole rings is 1. The van der Waals surface area contributed by atoms with Crippen LogP contribution in [0.2, 0.25) is 0 Å². The fraction of sp³-hybridized carbons (Fsp3) is 0.333. The van der Waals surface area contributed by atoms with Crippen LogP contribution in [0.25, 0.3) is 0 Å². The smallest absolute Gasteiger partial charge is 0.213 e. The molecule has 16 heavy (non-hydrogen) atoms. The highest BCUT2D eigenvalue weighted by Crippen LogP contribution is 2.11. The Morgan fingerprint density at radius 1 is 1.31 bits per heavy atom. The van der Waals surface area contributed by atoms with Gasteiger partial charge in [-0.25, -0.2) is 9.97 Å². The van der Waals surface area contributed by atoms with Crippen LogP contribution >= 0.6 is 11.3 Å². The minimum absolute atomic E-state index is 0.494. The number of aryl methyl sites for hydroxylation is 1. The van der Waals surface area contributed by atoms with Crippen molar-refractivity contribution in [3.8, 4) is 5.88 Å². The van der Waals surface area contributed by atoms with Gasteiger partial charge in [0, 0.05) is 23.3 Å². The van der Waals surface area contributed by atoms with E-state index in [0.29, 0.717) is 12.5 Å². The number of hydrogen-bond acceptors (Lipinski definition) is 4. The van der Waals surface area contributed by atoms with Gasteiger partial charge in [0.15, 0.2) is 0 Å². The molecule has 3 nitrogen and oxygen atoms in total. The molecular weight excluding hydrogens is 220 g/mol. The summed E-state index contributed by atoms with van der Waals surface area (Å²) in [5.41, 5.74) is 0.960. The van der Waals surface area contributed by atoms with Gasteiger partial charge >= 0.3 is 0 Å². The first-order chi connectivity index (χ1) is 7.84. The molecule has 0 saturated carbocycles. The quantitative estimate of drug-likeness (QED) is 0.818. The Labute approximate surface area is 100 Å². The molecule has 0 aliphatic rings. The van der Waals surface area contributed by atoms with Crippen molar-refractivity contribution in [1.82, 2.24) is 9.97 Å². The van der Waals surface area contributed by atoms with E-state index in [-0.39, 0.29) is 0 Å². The Morgan fingerprint density at radius 2 is 2.12 bits per heavy atom. The van der Waals surface area contributed by atoms with Crippen molar-refractivity contribution in [3.63, 3.8) is 0 Å². The zero-order valence-electron chi connectivity index (χ0n) is 9.80. The van der Waals surface area contributed by atoms with Gasteiger partial charge < -0.3 is 4.74 Å². The highest BCUT2D eigenvalue weighted by molar-refractivity contribution is 7.09. The molecule has 0 amide bonds. The Kier molecular flexibility index (Phi) is 5.50. The maximum atomic E-state index is 5.47. The van der Waals surface area contributed by atoms with Gasteiger partial charge in [0.25, 0.3) is 0 Å². The molecule has 2 aromatic heterocycles. The van der Waals surface area contributed by atoms with Gasteiger partial charge in [0.2, 0.25) is 5.88 Å². The molecule has 2 heterocycles. The first kappa shape index (κ1) is 12.6. The number of pyridine rings is 1. The summed E-state index contributed by atoms with van der Waals surface area (Å²) in [6.45, 7) is 6.43. The molecule has 0 fully saturated rings. The SMILES string of the molecule is CC.Cc1cccc(OCc2nccs2)n1. The van der Waals surface area contributed by atoms with E-state index in [1.54, 1.807) is 17.5 Å². The van der Waals surface area contributed by atoms with Crippen molar-refractivity contribution in [2.45, 2.75) is 27.4 Å². The van der Waals surface area contributed by atoms with Crippen molar-refractivity contribution < 1.29 is 4.74 Å². The summed E-state index contributed by atoms with van der Waals surface area (Å²) in [6, 6.07) is 5.72. The van der Waals surface area contributed by atoms with Crippen molar-refractivity contribution in [1.29, 1.82) is 0 Å². The molecule has 0 aliphatic heterocycles. The van der Waals surface area contributed by atoms with Crippen LogP contribution < -0.4 is 4.74 Å². The molecule has 0 radical (unpaired) electrons. The average Bonchev–Trinajstić information content (AvgIpc) is 2.82. The lowest BCUT2D eigenvalue weighted by atomic mass is 10.4. The van der Waals surface area contributed by atoms with Crippen LogP contribution in [0, 0.1) is 6.92 Å². The lowest BCUT2D eigenvalue weighted by Crippen LogP contribution is -1.96. The molecule has 4 heteroatoms. The van der Waals surface area contributed by atoms with Crippen molar-refractivity contribution in [2.75, 3.05) is 0 Å². The lowest BCUT2D eigenvalue weighted by molar-refractivity contribution is 0.293. The Hall–Kier alpha value is -1.42. The highest BCUT2D eigenvalue weighted by Gasteiger charge is 1.98. The fourth-order valence-electron chi connectivity index (χ4n) is 1.06. The van der Waals surface area contributed by atoms with E-state index >= 15 is 0 Å². The Morgan fingerprint density at radius 3 is 2.75 bits per heavy atom. The molecular formula is C12H16N2OS. The van der Waals surface area contributed by atoms with Gasteiger partial charge in [-0.05, 0) is 13.0 Å². The number of nitrogens with zero attached hydrogens (tertiary/aromatic N) is 2. The number of rotatable bonds is 3. The van der Waals surface area contributed by atoms with Crippen molar-refractivity contribution >= 4 is 11.3 Å². The highest BCUT2D eigenvalue weighted by atomic mass is 32.1. The van der Waals surface area contributed by atoms with E-state index < -0.39 is 0 Å². The standard InChI is InChI=1S/C10H10N2OS.C2H6/c1-8-3-2-4-9(12-8)13-7-10-11-5-6-14-10;1-2/h2-6H,7H2,1H3;1-2H3. The second-order valence-corrected chi connectivity index (χ2v) is 3.81. The van der Waals surface area contributed by atoms with E-state index in [1.165, 1.54) is 0 Å². The first-order valence-electron chi connectivity index (χ1n) is 5.29. The summed E-state index contributed by atoms with van der Waals surface area (Å²) < 4.78 is 5.47. The topological polar surface area (TPSA) is 35.0 Å². The molecule has 0 atom stereocenters. The third-order valence-corrected chi connectivity index (χ3v) is 2.44. The number of aromatic nitrogens is 2. The molecule has 0 aliphatic carbocycles. The maximum absolute atomic E-state index is 5.47. The molecule has 2 rings (SSSR count). The van der Waals surface area contributed by atoms with Gasteiger partial charge in [0.05, 0.1) is 0 Å². The zero-order valence-corrected chi connectivity index (χ0v) is 10.6. The summed E-state index contributed by atoms with van der Waals surface area (Å²) in [5, 5.41) is 2.90. The van der Waals surface area contributed by atoms with Gasteiger partial charge in [0.1, 0.15) is 11.6 Å². The van der Waals surface area contributed by atoms with Crippen LogP contribution in [0.4, 0.5) is 0 Å². The van der Waals surface area contributed by atoms with Crippen LogP contribution in [0.3, 0.4) is 0 Å². The Bertz CT molecular complexity index is 401. The summed E-state index contributed by atoms with van der Waals surface area (Å²) >= 11 is 1.58. The van der Waals surface area contributed by atoms with Crippen LogP contribution in [0.5, 0.6) is 5.88 Å². The van der Waals surface area contributed by atoms with Gasteiger partial charge in [-0.3, -0.25) is 0 Å². The number of hydrogen-bond donors (Lipinski definition) is 0. The summed E-state index contributed by atoms with van der Waals surface area (Å²) in [5.74, 6) is 0.653. The van der Waals surface area contributed by atoms with Crippen LogP contribution in [0.1, 0.15) is 24.5 Å². The normalized spacial score (nSPS) is 9.19. The van der Waals surface area contributed by atoms with E-state index in [1.807, 2.05) is 44.4 Å². The van der Waals surface area contributed by atoms with E-state index in [0.717, 1.165) is 10.7 Å². The monoisotopic (exact) mass is 236 g/mol. The lowest BCUT2D eigenvalue weighted by Gasteiger charge is -2.02. The summed E-state index contributed by atoms with van der Waals surface area (Å²) in [4.78, 5) is 8.35. The maximum Gasteiger partial charge on any atom is 0.213 e. The van der Waals surface area contributed by atoms with Gasteiger partial charge in [-0.15, -0.1) is 11.3 Å². The third kappa shape index (κ3) is 3.98. The predicted octanol–water partition coefficient (Wildman–Crippen LogP) is 3.45. The molecule has 0 unspecified atom stereocenters. The average molecular weight is 236 g/mol. The second kappa shape index (κ2) is 6.95. The van der Waals surface area contributed by atoms with E-state index in [9.17, 15) is 0 Å². The van der Waals surface area contributed by atoms with E-state index in [4.69, 9.17) is 4.74 Å². The van der Waals surface area contributed by atoms with Crippen LogP contribution in [-0.4, -0.2) is 9.97 Å².